The molecule has 1 spiro atoms. The average molecular weight is 650 g/mol. The number of unbranched alkanes of at least 4 members (excludes halogenated alkanes) is 1. The standard InChI is InChI=1S/C32H43N3O7S.ClH/c1-3-4-17-35-30(37)28(29(36)24-13-20-43(39,40)21-14-24)33-31(38)32(35)15-18-34(19-16-32)22-23-5-7-26(8-6-23)42-27-11-9-25(41-2)10-12-27;/h5-12,24,28-29,36H,3-4,13-22H2,1-2H3,(H,33,38);1H/t28-,29-;/m1./s1. The van der Waals surface area contributed by atoms with Crippen molar-refractivity contribution in [1.82, 2.24) is 15.1 Å². The van der Waals surface area contributed by atoms with E-state index in [2.05, 4.69) is 10.2 Å². The highest BCUT2D eigenvalue weighted by molar-refractivity contribution is 7.91. The molecule has 3 heterocycles. The van der Waals surface area contributed by atoms with E-state index in [1.807, 2.05) is 55.5 Å². The fraction of sp³-hybridized carbons (Fsp3) is 0.562. The molecule has 12 heteroatoms. The number of piperidine rings is 1. The van der Waals surface area contributed by atoms with Crippen LogP contribution in [-0.2, 0) is 26.0 Å². The van der Waals surface area contributed by atoms with Crippen molar-refractivity contribution in [2.75, 3.05) is 38.2 Å². The van der Waals surface area contributed by atoms with Gasteiger partial charge in [0.2, 0.25) is 11.8 Å². The van der Waals surface area contributed by atoms with Crippen LogP contribution in [0.15, 0.2) is 48.5 Å². The summed E-state index contributed by atoms with van der Waals surface area (Å²) < 4.78 is 34.9. The van der Waals surface area contributed by atoms with Crippen molar-refractivity contribution in [2.45, 2.75) is 69.7 Å². The maximum atomic E-state index is 13.8. The Kier molecular flexibility index (Phi) is 11.2. The first-order valence-corrected chi connectivity index (χ1v) is 17.1. The number of hydrogen-bond acceptors (Lipinski definition) is 8. The lowest BCUT2D eigenvalue weighted by Gasteiger charge is -2.52. The van der Waals surface area contributed by atoms with E-state index in [-0.39, 0.29) is 41.6 Å². The first-order chi connectivity index (χ1) is 20.6. The van der Waals surface area contributed by atoms with Crippen LogP contribution in [0.1, 0.15) is 51.0 Å². The molecular formula is C32H44ClN3O7S. The number of amides is 2. The molecule has 0 aliphatic carbocycles. The number of carbonyl (C=O) groups is 2. The molecule has 2 aromatic rings. The van der Waals surface area contributed by atoms with Gasteiger partial charge in [-0.2, -0.15) is 0 Å². The van der Waals surface area contributed by atoms with Crippen LogP contribution < -0.4 is 14.8 Å². The molecule has 242 valence electrons. The molecule has 44 heavy (non-hydrogen) atoms. The number of nitrogens with one attached hydrogen (secondary N) is 1. The van der Waals surface area contributed by atoms with E-state index >= 15 is 0 Å². The third-order valence-corrected chi connectivity index (χ3v) is 10.9. The molecule has 2 N–H and O–H groups in total. The number of sulfone groups is 1. The predicted molar refractivity (Wildman–Crippen MR) is 170 cm³/mol. The van der Waals surface area contributed by atoms with Gasteiger partial charge in [-0.15, -0.1) is 12.4 Å². The van der Waals surface area contributed by atoms with Crippen LogP contribution in [0.4, 0.5) is 0 Å². The molecule has 2 atom stereocenters. The number of piperazine rings is 1. The Bertz CT molecular complexity index is 1370. The fourth-order valence-corrected chi connectivity index (χ4v) is 8.04. The van der Waals surface area contributed by atoms with Crippen molar-refractivity contribution < 1.29 is 32.6 Å². The van der Waals surface area contributed by atoms with Gasteiger partial charge in [0.15, 0.2) is 0 Å². The van der Waals surface area contributed by atoms with Crippen molar-refractivity contribution in [1.29, 1.82) is 0 Å². The number of aliphatic hydroxyl groups excluding tert-OH is 1. The van der Waals surface area contributed by atoms with Crippen molar-refractivity contribution in [2.24, 2.45) is 5.92 Å². The number of benzene rings is 2. The quantitative estimate of drug-likeness (QED) is 0.400. The fourth-order valence-electron chi connectivity index (χ4n) is 6.51. The maximum absolute atomic E-state index is 13.8. The average Bonchev–Trinajstić information content (AvgIpc) is 3.01. The second kappa shape index (κ2) is 14.5. The topological polar surface area (TPSA) is 125 Å². The Labute approximate surface area is 266 Å². The molecule has 0 aromatic heterocycles. The summed E-state index contributed by atoms with van der Waals surface area (Å²) in [5, 5.41) is 14.0. The predicted octanol–water partition coefficient (Wildman–Crippen LogP) is 3.56. The highest BCUT2D eigenvalue weighted by atomic mass is 35.5. The lowest BCUT2D eigenvalue weighted by Crippen LogP contribution is -2.75. The van der Waals surface area contributed by atoms with Crippen LogP contribution >= 0.6 is 12.4 Å². The number of methoxy groups -OCH3 is 1. The van der Waals surface area contributed by atoms with E-state index < -0.39 is 27.5 Å². The molecule has 3 fully saturated rings. The van der Waals surface area contributed by atoms with Gasteiger partial charge >= 0.3 is 0 Å². The van der Waals surface area contributed by atoms with Gasteiger partial charge in [0.05, 0.1) is 24.7 Å². The number of halogens is 1. The number of ether oxygens (including phenoxy) is 2. The SMILES string of the molecule is CCCCN1C(=O)[C@@H]([C@H](O)C2CCS(=O)(=O)CC2)NC(=O)C12CCN(Cc1ccc(Oc3ccc(OC)cc3)cc1)CC2.Cl. The highest BCUT2D eigenvalue weighted by Gasteiger charge is 2.55. The van der Waals surface area contributed by atoms with Gasteiger partial charge in [-0.05, 0) is 80.0 Å². The summed E-state index contributed by atoms with van der Waals surface area (Å²) in [4.78, 5) is 31.6. The summed E-state index contributed by atoms with van der Waals surface area (Å²) in [6, 6.07) is 14.3. The van der Waals surface area contributed by atoms with Gasteiger partial charge in [-0.25, -0.2) is 8.42 Å². The zero-order valence-corrected chi connectivity index (χ0v) is 27.1. The second-order valence-electron chi connectivity index (χ2n) is 12.0. The van der Waals surface area contributed by atoms with Crippen LogP contribution in [0, 0.1) is 5.92 Å². The Morgan fingerprint density at radius 1 is 0.977 bits per heavy atom. The molecule has 2 aromatic carbocycles. The third kappa shape index (κ3) is 7.50. The van der Waals surface area contributed by atoms with Crippen LogP contribution in [0.5, 0.6) is 17.2 Å². The minimum absolute atomic E-state index is 0. The summed E-state index contributed by atoms with van der Waals surface area (Å²) >= 11 is 0. The Morgan fingerprint density at radius 3 is 2.11 bits per heavy atom. The molecule has 2 amide bonds. The zero-order valence-electron chi connectivity index (χ0n) is 25.4. The van der Waals surface area contributed by atoms with Crippen molar-refractivity contribution in [3.05, 3.63) is 54.1 Å². The van der Waals surface area contributed by atoms with Gasteiger partial charge in [0.25, 0.3) is 0 Å². The Balaban J connectivity index is 0.00000442. The second-order valence-corrected chi connectivity index (χ2v) is 14.3. The van der Waals surface area contributed by atoms with E-state index in [0.717, 1.165) is 42.2 Å². The number of likely N-dealkylation sites (tertiary alicyclic amines) is 1. The number of aliphatic hydroxyl groups is 1. The van der Waals surface area contributed by atoms with Crippen LogP contribution in [0.25, 0.3) is 0 Å². The normalized spacial score (nSPS) is 22.6. The van der Waals surface area contributed by atoms with Gasteiger partial charge in [-0.1, -0.05) is 25.5 Å². The first-order valence-electron chi connectivity index (χ1n) is 15.3. The number of hydrogen-bond donors (Lipinski definition) is 2. The minimum Gasteiger partial charge on any atom is -0.497 e. The Morgan fingerprint density at radius 2 is 1.55 bits per heavy atom. The third-order valence-electron chi connectivity index (χ3n) is 9.22. The van der Waals surface area contributed by atoms with Gasteiger partial charge < -0.3 is 24.8 Å². The van der Waals surface area contributed by atoms with Crippen LogP contribution in [0.2, 0.25) is 0 Å². The smallest absolute Gasteiger partial charge is 0.248 e. The number of nitrogens with zero attached hydrogens (tertiary/aromatic N) is 2. The van der Waals surface area contributed by atoms with Crippen molar-refractivity contribution >= 4 is 34.1 Å². The summed E-state index contributed by atoms with van der Waals surface area (Å²) in [6.07, 6.45) is 2.15. The molecule has 0 saturated carbocycles. The first kappa shape index (κ1) is 34.0. The van der Waals surface area contributed by atoms with Gasteiger partial charge in [-0.3, -0.25) is 14.5 Å². The van der Waals surface area contributed by atoms with Crippen LogP contribution in [0.3, 0.4) is 0 Å². The number of rotatable bonds is 10. The van der Waals surface area contributed by atoms with E-state index in [1.54, 1.807) is 12.0 Å². The lowest BCUT2D eigenvalue weighted by atomic mass is 9.79. The summed E-state index contributed by atoms with van der Waals surface area (Å²) in [6.45, 7) is 4.53. The molecule has 10 nitrogen and oxygen atoms in total. The van der Waals surface area contributed by atoms with Crippen molar-refractivity contribution in [3.63, 3.8) is 0 Å². The summed E-state index contributed by atoms with van der Waals surface area (Å²) in [7, 11) is -1.48. The minimum atomic E-state index is -3.10. The molecule has 0 bridgehead atoms. The highest BCUT2D eigenvalue weighted by Crippen LogP contribution is 2.36. The maximum Gasteiger partial charge on any atom is 0.248 e. The zero-order chi connectivity index (χ0) is 30.6. The molecule has 0 unspecified atom stereocenters. The molecule has 0 radical (unpaired) electrons. The molecular weight excluding hydrogens is 606 g/mol. The summed E-state index contributed by atoms with van der Waals surface area (Å²) in [5.74, 6) is 1.43. The van der Waals surface area contributed by atoms with Crippen LogP contribution in [-0.4, -0.2) is 91.1 Å². The van der Waals surface area contributed by atoms with Gasteiger partial charge in [0, 0.05) is 26.2 Å². The van der Waals surface area contributed by atoms with E-state index in [0.29, 0.717) is 45.3 Å². The lowest BCUT2D eigenvalue weighted by molar-refractivity contribution is -0.165. The van der Waals surface area contributed by atoms with E-state index in [1.165, 1.54) is 0 Å². The molecule has 3 saturated heterocycles. The van der Waals surface area contributed by atoms with Crippen molar-refractivity contribution in [3.8, 4) is 17.2 Å². The Hall–Kier alpha value is -2.86. The molecule has 3 aliphatic rings. The van der Waals surface area contributed by atoms with Gasteiger partial charge in [0.1, 0.15) is 38.7 Å². The van der Waals surface area contributed by atoms with E-state index in [4.69, 9.17) is 9.47 Å². The number of carbonyl (C=O) groups excluding carboxylic acids is 2. The summed E-state index contributed by atoms with van der Waals surface area (Å²) in [5.41, 5.74) is 0.188. The monoisotopic (exact) mass is 649 g/mol. The molecule has 5 rings (SSSR count). The largest absolute Gasteiger partial charge is 0.497 e. The van der Waals surface area contributed by atoms with E-state index in [9.17, 15) is 23.1 Å². The molecule has 3 aliphatic heterocycles.